The van der Waals surface area contributed by atoms with Gasteiger partial charge in [0.25, 0.3) is 0 Å². The number of anilines is 8. The van der Waals surface area contributed by atoms with Crippen LogP contribution >= 0.6 is 0 Å². The Morgan fingerprint density at radius 2 is 0.667 bits per heavy atom. The second-order valence-corrected chi connectivity index (χ2v) is 16.7. The smallest absolute Gasteiger partial charge is 0.0380 e. The quantitative estimate of drug-likeness (QED) is 0.0412. The zero-order chi connectivity index (χ0) is 46.3. The van der Waals surface area contributed by atoms with Crippen molar-refractivity contribution in [2.45, 2.75) is 25.2 Å². The summed E-state index contributed by atoms with van der Waals surface area (Å²) in [6.07, 6.45) is 11.2. The van der Waals surface area contributed by atoms with Crippen molar-refractivity contribution in [1.82, 2.24) is 0 Å². The predicted octanol–water partition coefficient (Wildman–Crippen LogP) is 12.4. The number of benzene rings is 8. The van der Waals surface area contributed by atoms with Crippen molar-refractivity contribution in [3.05, 3.63) is 228 Å². The molecule has 0 saturated carbocycles. The van der Waals surface area contributed by atoms with E-state index in [4.69, 9.17) is 45.9 Å². The lowest BCUT2D eigenvalue weighted by atomic mass is 9.80. The van der Waals surface area contributed by atoms with Crippen molar-refractivity contribution in [1.29, 1.82) is 0 Å². The average Bonchev–Trinajstić information content (AvgIpc) is 3.32. The predicted molar refractivity (Wildman–Crippen MR) is 283 cm³/mol. The van der Waals surface area contributed by atoms with E-state index in [2.05, 4.69) is 48.6 Å². The fraction of sp³-hybridized carbons (Fsp3) is 0.0690. The van der Waals surface area contributed by atoms with Crippen LogP contribution in [-0.4, -0.2) is 0 Å². The minimum Gasteiger partial charge on any atom is -0.399 e. The van der Waals surface area contributed by atoms with Gasteiger partial charge in [-0.15, -0.1) is 0 Å². The minimum absolute atomic E-state index is 0.211. The van der Waals surface area contributed by atoms with Gasteiger partial charge in [-0.2, -0.15) is 0 Å². The molecule has 0 bridgehead atoms. The highest BCUT2D eigenvalue weighted by atomic mass is 14.6. The number of allylic oxidation sites excluding steroid dienone is 6. The molecule has 8 aromatic carbocycles. The molecule has 8 nitrogen and oxygen atoms in total. The van der Waals surface area contributed by atoms with E-state index < -0.39 is 0 Å². The monoisotopic (exact) mass is 864 g/mol. The third-order valence-corrected chi connectivity index (χ3v) is 12.2. The highest BCUT2D eigenvalue weighted by Crippen LogP contribution is 2.43. The van der Waals surface area contributed by atoms with Gasteiger partial charge >= 0.3 is 0 Å². The molecule has 0 saturated heterocycles. The first-order valence-electron chi connectivity index (χ1n) is 22.0. The molecule has 0 heterocycles. The van der Waals surface area contributed by atoms with Gasteiger partial charge in [-0.3, -0.25) is 0 Å². The molecule has 8 heteroatoms. The number of rotatable bonds is 13. The number of hydrogen-bond acceptors (Lipinski definition) is 8. The topological polar surface area (TPSA) is 208 Å². The summed E-state index contributed by atoms with van der Waals surface area (Å²) in [7, 11) is 0. The summed E-state index contributed by atoms with van der Waals surface area (Å²) in [5, 5.41) is 0. The molecule has 8 aromatic rings. The molecule has 0 unspecified atom stereocenters. The Hall–Kier alpha value is -8.62. The van der Waals surface area contributed by atoms with Gasteiger partial charge in [0.15, 0.2) is 0 Å². The molecule has 0 aromatic heterocycles. The van der Waals surface area contributed by atoms with Crippen LogP contribution in [-0.2, 0) is 0 Å². The second kappa shape index (κ2) is 19.4. The lowest BCUT2D eigenvalue weighted by Crippen LogP contribution is -2.10. The lowest BCUT2D eigenvalue weighted by molar-refractivity contribution is 0.835. The first-order chi connectivity index (χ1) is 31.9. The van der Waals surface area contributed by atoms with E-state index in [0.29, 0.717) is 51.9 Å². The molecule has 66 heavy (non-hydrogen) atoms. The van der Waals surface area contributed by atoms with Gasteiger partial charge in [0.1, 0.15) is 0 Å². The molecular weight excluding hydrogens is 809 g/mol. The number of nitrogen functional groups attached to an aromatic ring is 8. The highest BCUT2D eigenvalue weighted by Gasteiger charge is 2.24. The molecule has 0 radical (unpaired) electrons. The summed E-state index contributed by atoms with van der Waals surface area (Å²) in [5.41, 5.74) is 70.4. The van der Waals surface area contributed by atoms with E-state index in [1.54, 1.807) is 0 Å². The maximum Gasteiger partial charge on any atom is 0.0380 e. The van der Waals surface area contributed by atoms with Gasteiger partial charge < -0.3 is 45.9 Å². The first kappa shape index (κ1) is 44.0. The summed E-state index contributed by atoms with van der Waals surface area (Å²) < 4.78 is 0. The minimum atomic E-state index is -0.358. The van der Waals surface area contributed by atoms with Crippen LogP contribution in [0.4, 0.5) is 45.5 Å². The normalized spacial score (nSPS) is 11.9. The molecular formula is C58H56N8. The summed E-state index contributed by atoms with van der Waals surface area (Å²) >= 11 is 0. The van der Waals surface area contributed by atoms with Gasteiger partial charge in [-0.05, 0) is 183 Å². The second-order valence-electron chi connectivity index (χ2n) is 16.7. The number of nitrogens with two attached hydrogens (primary N) is 8. The van der Waals surface area contributed by atoms with E-state index >= 15 is 0 Å². The van der Waals surface area contributed by atoms with Crippen molar-refractivity contribution in [2.75, 3.05) is 45.9 Å². The van der Waals surface area contributed by atoms with Crippen LogP contribution in [0.2, 0.25) is 0 Å². The molecule has 0 fully saturated rings. The third-order valence-electron chi connectivity index (χ3n) is 12.2. The third kappa shape index (κ3) is 9.78. The van der Waals surface area contributed by atoms with Gasteiger partial charge in [-0.1, -0.05) is 103 Å². The standard InChI is InChI=1S/C58H56N8/c1-2-5-40(58(52-34-43(18-30-56(52)65)38-12-24-47(61)25-13-38)53-35-44(19-31-57(53)66)39-14-26-48(62)27-15-39)6-3-4-7-49(50-32-41(16-28-54(50)63)36-8-20-45(59)21-9-36)51-33-42(17-29-55(51)64)37-10-22-46(60)23-11-37/h2-6,8-35,49,58H,7,59-66H2,1H3/b4-3-,5-2-,40-6+. The van der Waals surface area contributed by atoms with Gasteiger partial charge in [0, 0.05) is 57.3 Å². The van der Waals surface area contributed by atoms with E-state index in [1.165, 1.54) is 0 Å². The van der Waals surface area contributed by atoms with E-state index in [-0.39, 0.29) is 11.8 Å². The Kier molecular flexibility index (Phi) is 12.9. The highest BCUT2D eigenvalue weighted by molar-refractivity contribution is 5.77. The van der Waals surface area contributed by atoms with Crippen molar-refractivity contribution in [2.24, 2.45) is 0 Å². The molecule has 8 rings (SSSR count). The molecule has 0 atom stereocenters. The molecule has 0 aliphatic rings. The van der Waals surface area contributed by atoms with Crippen LogP contribution < -0.4 is 45.9 Å². The molecule has 16 N–H and O–H groups in total. The molecule has 0 spiro atoms. The Morgan fingerprint density at radius 1 is 0.379 bits per heavy atom. The summed E-state index contributed by atoms with van der Waals surface area (Å²) in [4.78, 5) is 0. The van der Waals surface area contributed by atoms with Crippen molar-refractivity contribution >= 4 is 45.5 Å². The van der Waals surface area contributed by atoms with Crippen molar-refractivity contribution < 1.29 is 0 Å². The van der Waals surface area contributed by atoms with Crippen LogP contribution in [0.5, 0.6) is 0 Å². The van der Waals surface area contributed by atoms with Crippen LogP contribution in [0, 0.1) is 0 Å². The molecule has 0 amide bonds. The Labute approximate surface area is 387 Å². The van der Waals surface area contributed by atoms with E-state index in [0.717, 1.165) is 72.3 Å². The zero-order valence-corrected chi connectivity index (χ0v) is 37.0. The van der Waals surface area contributed by atoms with Crippen LogP contribution in [0.1, 0.15) is 47.4 Å². The van der Waals surface area contributed by atoms with Crippen molar-refractivity contribution in [3.63, 3.8) is 0 Å². The van der Waals surface area contributed by atoms with E-state index in [9.17, 15) is 0 Å². The van der Waals surface area contributed by atoms with Gasteiger partial charge in [0.05, 0.1) is 0 Å². The fourth-order valence-electron chi connectivity index (χ4n) is 8.61. The maximum absolute atomic E-state index is 6.97. The first-order valence-corrected chi connectivity index (χ1v) is 22.0. The van der Waals surface area contributed by atoms with Gasteiger partial charge in [-0.25, -0.2) is 0 Å². The zero-order valence-electron chi connectivity index (χ0n) is 37.0. The van der Waals surface area contributed by atoms with Crippen LogP contribution in [0.15, 0.2) is 206 Å². The van der Waals surface area contributed by atoms with E-state index in [1.807, 2.05) is 159 Å². The average molecular weight is 865 g/mol. The van der Waals surface area contributed by atoms with Crippen LogP contribution in [0.25, 0.3) is 44.5 Å². The van der Waals surface area contributed by atoms with Crippen LogP contribution in [0.3, 0.4) is 0 Å². The lowest BCUT2D eigenvalue weighted by Gasteiger charge is -2.25. The number of hydrogen-bond donors (Lipinski definition) is 8. The van der Waals surface area contributed by atoms with Crippen molar-refractivity contribution in [3.8, 4) is 44.5 Å². The maximum atomic E-state index is 6.97. The summed E-state index contributed by atoms with van der Waals surface area (Å²) in [6.45, 7) is 2.01. The Morgan fingerprint density at radius 3 is 0.985 bits per heavy atom. The van der Waals surface area contributed by atoms with Gasteiger partial charge in [0.2, 0.25) is 0 Å². The molecule has 0 aliphatic heterocycles. The fourth-order valence-corrected chi connectivity index (χ4v) is 8.61. The summed E-state index contributed by atoms with van der Waals surface area (Å²) in [5.74, 6) is -0.568. The Balaban J connectivity index is 1.25. The molecule has 328 valence electrons. The SMILES string of the molecule is C\C=C/C(=C\C=C/CC(c1cc(-c2ccc(N)cc2)ccc1N)c1cc(-c2ccc(N)cc2)ccc1N)C(c1cc(-c2ccc(N)cc2)ccc1N)c1cc(-c2ccc(N)cc2)ccc1N. The molecule has 0 aliphatic carbocycles. The largest absolute Gasteiger partial charge is 0.399 e. The summed E-state index contributed by atoms with van der Waals surface area (Å²) in [6, 6.07) is 56.1. The Bertz CT molecular complexity index is 2880.